The van der Waals surface area contributed by atoms with Crippen LogP contribution in [0.15, 0.2) is 12.3 Å². The molecule has 4 nitrogen and oxygen atoms in total. The van der Waals surface area contributed by atoms with Crippen molar-refractivity contribution < 1.29 is 4.79 Å². The number of rotatable bonds is 7. The van der Waals surface area contributed by atoms with Crippen LogP contribution in [0.2, 0.25) is 0 Å². The fraction of sp³-hybridized carbons (Fsp3) is 0.765. The van der Waals surface area contributed by atoms with E-state index < -0.39 is 0 Å². The minimum Gasteiger partial charge on any atom is -0.316 e. The van der Waals surface area contributed by atoms with Gasteiger partial charge < -0.3 is 5.32 Å². The van der Waals surface area contributed by atoms with E-state index in [1.165, 1.54) is 0 Å². The Morgan fingerprint density at radius 2 is 2.19 bits per heavy atom. The van der Waals surface area contributed by atoms with E-state index in [1.54, 1.807) is 0 Å². The van der Waals surface area contributed by atoms with Gasteiger partial charge in [-0.3, -0.25) is 9.48 Å². The van der Waals surface area contributed by atoms with Crippen LogP contribution in [0.5, 0.6) is 0 Å². The molecular weight excluding hydrogens is 262 g/mol. The smallest absolute Gasteiger partial charge is 0.146 e. The van der Waals surface area contributed by atoms with E-state index in [2.05, 4.69) is 31.2 Å². The first-order valence-corrected chi connectivity index (χ1v) is 8.43. The van der Waals surface area contributed by atoms with Crippen molar-refractivity contribution in [2.45, 2.75) is 65.3 Å². The predicted molar refractivity (Wildman–Crippen MR) is 85.4 cm³/mol. The fourth-order valence-corrected chi connectivity index (χ4v) is 3.39. The molecule has 0 radical (unpaired) electrons. The van der Waals surface area contributed by atoms with Gasteiger partial charge in [0, 0.05) is 18.2 Å². The lowest BCUT2D eigenvalue weighted by Gasteiger charge is -2.35. The number of aromatic nitrogens is 2. The Balaban J connectivity index is 2.05. The van der Waals surface area contributed by atoms with Gasteiger partial charge in [-0.05, 0) is 44.7 Å². The second-order valence-corrected chi connectivity index (χ2v) is 6.27. The normalized spacial score (nSPS) is 22.7. The molecule has 4 heteroatoms. The third-order valence-electron chi connectivity index (χ3n) is 5.06. The third-order valence-corrected chi connectivity index (χ3v) is 5.06. The van der Waals surface area contributed by atoms with Gasteiger partial charge >= 0.3 is 0 Å². The van der Waals surface area contributed by atoms with Crippen LogP contribution < -0.4 is 5.32 Å². The number of Topliss-reactive ketones (excluding diaryl/α,β-unsaturated/α-hetero) is 1. The molecule has 1 saturated heterocycles. The van der Waals surface area contributed by atoms with Crippen LogP contribution in [-0.4, -0.2) is 28.7 Å². The van der Waals surface area contributed by atoms with Gasteiger partial charge in [-0.25, -0.2) is 0 Å². The highest BCUT2D eigenvalue weighted by atomic mass is 16.1. The summed E-state index contributed by atoms with van der Waals surface area (Å²) in [5.74, 6) is 0.354. The molecule has 1 aliphatic heterocycles. The van der Waals surface area contributed by atoms with Crippen molar-refractivity contribution >= 4 is 5.78 Å². The van der Waals surface area contributed by atoms with Crippen molar-refractivity contribution in [2.75, 3.05) is 13.1 Å². The molecule has 0 bridgehead atoms. The number of hydrogen-bond donors (Lipinski definition) is 1. The Morgan fingerprint density at radius 1 is 1.43 bits per heavy atom. The molecule has 1 aromatic rings. The molecule has 2 heterocycles. The summed E-state index contributed by atoms with van der Waals surface area (Å²) in [5.41, 5.74) is 0.752. The lowest BCUT2D eigenvalue weighted by Crippen LogP contribution is -2.45. The Kier molecular flexibility index (Phi) is 5.57. The van der Waals surface area contributed by atoms with Gasteiger partial charge in [-0.1, -0.05) is 20.8 Å². The molecule has 1 unspecified atom stereocenters. The van der Waals surface area contributed by atoms with E-state index >= 15 is 0 Å². The second kappa shape index (κ2) is 7.21. The standard InChI is InChI=1S/C17H29N3O/c1-4-15(5-2)20-11-8-14(19-20)12-16(21)17(6-3)9-7-10-18-13-17/h8,11,15,18H,4-7,9-10,12-13H2,1-3H3. The molecule has 0 saturated carbocycles. The van der Waals surface area contributed by atoms with E-state index in [-0.39, 0.29) is 5.41 Å². The Morgan fingerprint density at radius 3 is 2.76 bits per heavy atom. The molecule has 0 spiro atoms. The van der Waals surface area contributed by atoms with Crippen LogP contribution in [-0.2, 0) is 11.2 Å². The molecule has 1 aliphatic rings. The molecule has 2 rings (SSSR count). The van der Waals surface area contributed by atoms with Crippen LogP contribution >= 0.6 is 0 Å². The summed E-state index contributed by atoms with van der Waals surface area (Å²) in [5, 5.41) is 8.02. The first-order chi connectivity index (χ1) is 10.1. The second-order valence-electron chi connectivity index (χ2n) is 6.27. The van der Waals surface area contributed by atoms with Crippen LogP contribution in [0.1, 0.15) is 64.6 Å². The topological polar surface area (TPSA) is 46.9 Å². The molecule has 21 heavy (non-hydrogen) atoms. The fourth-order valence-electron chi connectivity index (χ4n) is 3.39. The number of carbonyl (C=O) groups excluding carboxylic acids is 1. The maximum absolute atomic E-state index is 12.7. The number of hydrogen-bond acceptors (Lipinski definition) is 3. The molecule has 0 aliphatic carbocycles. The van der Waals surface area contributed by atoms with Crippen LogP contribution in [0, 0.1) is 5.41 Å². The summed E-state index contributed by atoms with van der Waals surface area (Å²) >= 11 is 0. The number of carbonyl (C=O) groups is 1. The summed E-state index contributed by atoms with van der Waals surface area (Å²) in [6.07, 6.45) is 7.69. The summed E-state index contributed by atoms with van der Waals surface area (Å²) in [6.45, 7) is 8.36. The monoisotopic (exact) mass is 291 g/mol. The lowest BCUT2D eigenvalue weighted by atomic mass is 9.73. The van der Waals surface area contributed by atoms with E-state index in [0.717, 1.165) is 50.9 Å². The average molecular weight is 291 g/mol. The highest BCUT2D eigenvalue weighted by Crippen LogP contribution is 2.32. The summed E-state index contributed by atoms with van der Waals surface area (Å²) in [4.78, 5) is 12.7. The maximum Gasteiger partial charge on any atom is 0.146 e. The van der Waals surface area contributed by atoms with Crippen molar-refractivity contribution in [3.05, 3.63) is 18.0 Å². The van der Waals surface area contributed by atoms with Crippen molar-refractivity contribution in [1.29, 1.82) is 0 Å². The summed E-state index contributed by atoms with van der Waals surface area (Å²) in [7, 11) is 0. The first kappa shape index (κ1) is 16.2. The molecular formula is C17H29N3O. The van der Waals surface area contributed by atoms with Crippen LogP contribution in [0.25, 0.3) is 0 Å². The van der Waals surface area contributed by atoms with Gasteiger partial charge in [0.25, 0.3) is 0 Å². The van der Waals surface area contributed by atoms with Gasteiger partial charge in [-0.2, -0.15) is 5.10 Å². The minimum atomic E-state index is -0.170. The quantitative estimate of drug-likeness (QED) is 0.839. The van der Waals surface area contributed by atoms with Gasteiger partial charge in [0.15, 0.2) is 0 Å². The van der Waals surface area contributed by atoms with Crippen molar-refractivity contribution in [2.24, 2.45) is 5.41 Å². The van der Waals surface area contributed by atoms with Crippen LogP contribution in [0.3, 0.4) is 0 Å². The van der Waals surface area contributed by atoms with E-state index in [4.69, 9.17) is 0 Å². The molecule has 1 fully saturated rings. The Labute approximate surface area is 128 Å². The minimum absolute atomic E-state index is 0.170. The molecule has 0 aromatic carbocycles. The van der Waals surface area contributed by atoms with Gasteiger partial charge in [0.05, 0.1) is 18.2 Å². The van der Waals surface area contributed by atoms with Gasteiger partial charge in [-0.15, -0.1) is 0 Å². The lowest BCUT2D eigenvalue weighted by molar-refractivity contribution is -0.129. The zero-order valence-electron chi connectivity index (χ0n) is 13.7. The number of nitrogens with zero attached hydrogens (tertiary/aromatic N) is 2. The van der Waals surface area contributed by atoms with Crippen molar-refractivity contribution in [3.63, 3.8) is 0 Å². The predicted octanol–water partition coefficient (Wildman–Crippen LogP) is 3.14. The first-order valence-electron chi connectivity index (χ1n) is 8.43. The SMILES string of the molecule is CCC(CC)n1ccc(CC(=O)C2(CC)CCCNC2)n1. The summed E-state index contributed by atoms with van der Waals surface area (Å²) < 4.78 is 2.03. The molecule has 118 valence electrons. The van der Waals surface area contributed by atoms with Crippen molar-refractivity contribution in [1.82, 2.24) is 15.1 Å². The Hall–Kier alpha value is -1.16. The van der Waals surface area contributed by atoms with Crippen LogP contribution in [0.4, 0.5) is 0 Å². The zero-order chi connectivity index (χ0) is 15.3. The maximum atomic E-state index is 12.7. The Bertz CT molecular complexity index is 456. The number of nitrogens with one attached hydrogen (secondary N) is 1. The highest BCUT2D eigenvalue weighted by molar-refractivity contribution is 5.86. The largest absolute Gasteiger partial charge is 0.316 e. The van der Waals surface area contributed by atoms with E-state index in [1.807, 2.05) is 16.9 Å². The van der Waals surface area contributed by atoms with Crippen molar-refractivity contribution in [3.8, 4) is 0 Å². The highest BCUT2D eigenvalue weighted by Gasteiger charge is 2.37. The number of piperidine rings is 1. The van der Waals surface area contributed by atoms with E-state index in [0.29, 0.717) is 18.2 Å². The number of ketones is 1. The summed E-state index contributed by atoms with van der Waals surface area (Å²) in [6, 6.07) is 2.46. The molecule has 0 amide bonds. The molecule has 1 N–H and O–H groups in total. The van der Waals surface area contributed by atoms with Gasteiger partial charge in [0.1, 0.15) is 5.78 Å². The van der Waals surface area contributed by atoms with E-state index in [9.17, 15) is 4.79 Å². The average Bonchev–Trinajstić information content (AvgIpc) is 2.97. The zero-order valence-corrected chi connectivity index (χ0v) is 13.7. The molecule has 1 aromatic heterocycles. The molecule has 1 atom stereocenters. The van der Waals surface area contributed by atoms with Gasteiger partial charge in [0.2, 0.25) is 0 Å². The third kappa shape index (κ3) is 3.54.